The normalized spacial score (nSPS) is 24.2. The third-order valence-electron chi connectivity index (χ3n) is 3.81. The molecule has 19 heavy (non-hydrogen) atoms. The number of benzene rings is 1. The highest BCUT2D eigenvalue weighted by molar-refractivity contribution is 5.46. The van der Waals surface area contributed by atoms with Crippen LogP contribution in [-0.2, 0) is 6.42 Å². The number of aliphatic hydroxyl groups excluding tert-OH is 1. The molecule has 0 aromatic heterocycles. The lowest BCUT2D eigenvalue weighted by atomic mass is 10.1. The van der Waals surface area contributed by atoms with Gasteiger partial charge in [-0.2, -0.15) is 0 Å². The van der Waals surface area contributed by atoms with E-state index in [0.29, 0.717) is 6.04 Å². The number of nitrogens with zero attached hydrogens (tertiary/aromatic N) is 2. The van der Waals surface area contributed by atoms with E-state index in [9.17, 15) is 5.11 Å². The van der Waals surface area contributed by atoms with Gasteiger partial charge in [0.2, 0.25) is 0 Å². The van der Waals surface area contributed by atoms with Crippen molar-refractivity contribution in [2.24, 2.45) is 0 Å². The summed E-state index contributed by atoms with van der Waals surface area (Å²) in [6.45, 7) is 2.75. The molecule has 0 bridgehead atoms. The summed E-state index contributed by atoms with van der Waals surface area (Å²) in [6.07, 6.45) is 1.64. The third kappa shape index (κ3) is 3.93. The molecule has 4 heteroatoms. The first kappa shape index (κ1) is 14.3. The number of rotatable bonds is 5. The SMILES string of the molecule is CN(C)CC1CC(O)CN1CCc1ccccc1N. The van der Waals surface area contributed by atoms with E-state index in [1.54, 1.807) is 0 Å². The number of likely N-dealkylation sites (N-methyl/N-ethyl adjacent to an activating group) is 1. The molecule has 1 fully saturated rings. The fourth-order valence-electron chi connectivity index (χ4n) is 2.87. The van der Waals surface area contributed by atoms with Crippen LogP contribution in [0.4, 0.5) is 5.69 Å². The fraction of sp³-hybridized carbons (Fsp3) is 0.600. The Balaban J connectivity index is 1.92. The van der Waals surface area contributed by atoms with Gasteiger partial charge < -0.3 is 15.7 Å². The van der Waals surface area contributed by atoms with Crippen LogP contribution in [0.1, 0.15) is 12.0 Å². The summed E-state index contributed by atoms with van der Waals surface area (Å²) in [7, 11) is 4.16. The Hall–Kier alpha value is -1.10. The van der Waals surface area contributed by atoms with Crippen LogP contribution >= 0.6 is 0 Å². The smallest absolute Gasteiger partial charge is 0.0682 e. The van der Waals surface area contributed by atoms with Crippen LogP contribution in [0, 0.1) is 0 Å². The molecule has 0 spiro atoms. The van der Waals surface area contributed by atoms with Gasteiger partial charge >= 0.3 is 0 Å². The summed E-state index contributed by atoms with van der Waals surface area (Å²) in [6, 6.07) is 8.48. The number of anilines is 1. The number of likely N-dealkylation sites (tertiary alicyclic amines) is 1. The van der Waals surface area contributed by atoms with Crippen molar-refractivity contribution in [3.8, 4) is 0 Å². The first-order chi connectivity index (χ1) is 9.06. The summed E-state index contributed by atoms with van der Waals surface area (Å²) in [5.74, 6) is 0. The third-order valence-corrected chi connectivity index (χ3v) is 3.81. The van der Waals surface area contributed by atoms with Crippen molar-refractivity contribution < 1.29 is 5.11 Å². The molecular weight excluding hydrogens is 238 g/mol. The monoisotopic (exact) mass is 263 g/mol. The number of nitrogens with two attached hydrogens (primary N) is 1. The van der Waals surface area contributed by atoms with Crippen LogP contribution < -0.4 is 5.73 Å². The predicted octanol–water partition coefficient (Wildman–Crippen LogP) is 0.808. The summed E-state index contributed by atoms with van der Waals surface area (Å²) < 4.78 is 0. The average Bonchev–Trinajstić information content (AvgIpc) is 2.67. The van der Waals surface area contributed by atoms with E-state index in [2.05, 4.69) is 30.0 Å². The van der Waals surface area contributed by atoms with Gasteiger partial charge in [0.25, 0.3) is 0 Å². The van der Waals surface area contributed by atoms with Crippen molar-refractivity contribution in [2.45, 2.75) is 25.0 Å². The van der Waals surface area contributed by atoms with E-state index in [1.807, 2.05) is 18.2 Å². The van der Waals surface area contributed by atoms with Gasteiger partial charge in [0.1, 0.15) is 0 Å². The molecule has 106 valence electrons. The van der Waals surface area contributed by atoms with Gasteiger partial charge in [0, 0.05) is 31.4 Å². The minimum atomic E-state index is -0.182. The van der Waals surface area contributed by atoms with Gasteiger partial charge in [-0.05, 0) is 38.6 Å². The number of hydrogen-bond donors (Lipinski definition) is 2. The van der Waals surface area contributed by atoms with Crippen LogP contribution in [0.2, 0.25) is 0 Å². The molecular formula is C15H25N3O. The largest absolute Gasteiger partial charge is 0.399 e. The second-order valence-electron chi connectivity index (χ2n) is 5.75. The van der Waals surface area contributed by atoms with Crippen LogP contribution in [0.25, 0.3) is 0 Å². The topological polar surface area (TPSA) is 52.7 Å². The standard InChI is InChI=1S/C15H25N3O/c1-17(2)10-13-9-14(19)11-18(13)8-7-12-5-3-4-6-15(12)16/h3-6,13-14,19H,7-11,16H2,1-2H3. The molecule has 2 atom stereocenters. The maximum Gasteiger partial charge on any atom is 0.0682 e. The molecule has 0 radical (unpaired) electrons. The number of nitrogen functional groups attached to an aromatic ring is 1. The van der Waals surface area contributed by atoms with Gasteiger partial charge in [-0.15, -0.1) is 0 Å². The Labute approximate surface area is 115 Å². The highest BCUT2D eigenvalue weighted by Crippen LogP contribution is 2.20. The lowest BCUT2D eigenvalue weighted by molar-refractivity contribution is 0.173. The first-order valence-corrected chi connectivity index (χ1v) is 6.96. The molecule has 2 unspecified atom stereocenters. The zero-order chi connectivity index (χ0) is 13.8. The number of hydrogen-bond acceptors (Lipinski definition) is 4. The van der Waals surface area contributed by atoms with E-state index in [-0.39, 0.29) is 6.10 Å². The van der Waals surface area contributed by atoms with Crippen molar-refractivity contribution >= 4 is 5.69 Å². The zero-order valence-electron chi connectivity index (χ0n) is 11.9. The minimum absolute atomic E-state index is 0.182. The molecule has 3 N–H and O–H groups in total. The Bertz CT molecular complexity index is 408. The number of aliphatic hydroxyl groups is 1. The van der Waals surface area contributed by atoms with Gasteiger partial charge in [0.15, 0.2) is 0 Å². The molecule has 0 aliphatic carbocycles. The maximum absolute atomic E-state index is 9.85. The van der Waals surface area contributed by atoms with Crippen molar-refractivity contribution in [3.63, 3.8) is 0 Å². The van der Waals surface area contributed by atoms with Gasteiger partial charge in [-0.25, -0.2) is 0 Å². The molecule has 1 aliphatic rings. The van der Waals surface area contributed by atoms with E-state index in [1.165, 1.54) is 5.56 Å². The summed E-state index contributed by atoms with van der Waals surface area (Å²) >= 11 is 0. The van der Waals surface area contributed by atoms with E-state index >= 15 is 0 Å². The molecule has 1 saturated heterocycles. The summed E-state index contributed by atoms with van der Waals surface area (Å²) in [5.41, 5.74) is 8.04. The molecule has 4 nitrogen and oxygen atoms in total. The maximum atomic E-state index is 9.85. The Morgan fingerprint density at radius 3 is 2.79 bits per heavy atom. The van der Waals surface area contributed by atoms with E-state index < -0.39 is 0 Å². The quantitative estimate of drug-likeness (QED) is 0.772. The number of para-hydroxylation sites is 1. The average molecular weight is 263 g/mol. The van der Waals surface area contributed by atoms with E-state index in [4.69, 9.17) is 5.73 Å². The van der Waals surface area contributed by atoms with Crippen molar-refractivity contribution in [1.29, 1.82) is 0 Å². The Kier molecular flexibility index (Phi) is 4.80. The first-order valence-electron chi connectivity index (χ1n) is 6.96. The Morgan fingerprint density at radius 2 is 2.11 bits per heavy atom. The fourth-order valence-corrected chi connectivity index (χ4v) is 2.87. The summed E-state index contributed by atoms with van der Waals surface area (Å²) in [5, 5.41) is 9.85. The molecule has 1 aromatic rings. The van der Waals surface area contributed by atoms with Crippen LogP contribution in [0.5, 0.6) is 0 Å². The molecule has 1 aromatic carbocycles. The molecule has 1 heterocycles. The second-order valence-corrected chi connectivity index (χ2v) is 5.75. The van der Waals surface area contributed by atoms with Crippen LogP contribution in [0.15, 0.2) is 24.3 Å². The van der Waals surface area contributed by atoms with Crippen molar-refractivity contribution in [3.05, 3.63) is 29.8 Å². The van der Waals surface area contributed by atoms with Crippen molar-refractivity contribution in [2.75, 3.05) is 39.5 Å². The van der Waals surface area contributed by atoms with Gasteiger partial charge in [-0.1, -0.05) is 18.2 Å². The highest BCUT2D eigenvalue weighted by atomic mass is 16.3. The predicted molar refractivity (Wildman–Crippen MR) is 79.1 cm³/mol. The van der Waals surface area contributed by atoms with Crippen LogP contribution in [-0.4, -0.2) is 60.8 Å². The lowest BCUT2D eigenvalue weighted by Crippen LogP contribution is -2.38. The second kappa shape index (κ2) is 6.37. The zero-order valence-corrected chi connectivity index (χ0v) is 11.9. The highest BCUT2D eigenvalue weighted by Gasteiger charge is 2.30. The molecule has 1 aliphatic heterocycles. The Morgan fingerprint density at radius 1 is 1.37 bits per heavy atom. The van der Waals surface area contributed by atoms with Crippen molar-refractivity contribution in [1.82, 2.24) is 9.80 Å². The molecule has 0 amide bonds. The van der Waals surface area contributed by atoms with Crippen LogP contribution in [0.3, 0.4) is 0 Å². The van der Waals surface area contributed by atoms with Gasteiger partial charge in [0.05, 0.1) is 6.10 Å². The minimum Gasteiger partial charge on any atom is -0.399 e. The van der Waals surface area contributed by atoms with Gasteiger partial charge in [-0.3, -0.25) is 4.90 Å². The molecule has 0 saturated carbocycles. The number of β-amino-alcohol motifs (C(OH)–C–C–N with tert-alkyl or cyclic N) is 1. The molecule has 2 rings (SSSR count). The summed E-state index contributed by atoms with van der Waals surface area (Å²) in [4.78, 5) is 4.57. The van der Waals surface area contributed by atoms with E-state index in [0.717, 1.165) is 38.2 Å². The lowest BCUT2D eigenvalue weighted by Gasteiger charge is -2.26.